The third kappa shape index (κ3) is 1.87. The first-order valence-electron chi connectivity index (χ1n) is 4.17. The van der Waals surface area contributed by atoms with E-state index in [0.29, 0.717) is 12.0 Å². The predicted octanol–water partition coefficient (Wildman–Crippen LogP) is 2.83. The van der Waals surface area contributed by atoms with Gasteiger partial charge < -0.3 is 4.74 Å². The second kappa shape index (κ2) is 4.42. The fourth-order valence-corrected chi connectivity index (χ4v) is 1.43. The Balaban J connectivity index is 3.24. The molecule has 0 spiro atoms. The summed E-state index contributed by atoms with van der Waals surface area (Å²) in [7, 11) is 1.20. The van der Waals surface area contributed by atoms with Gasteiger partial charge in [0, 0.05) is 0 Å². The Morgan fingerprint density at radius 1 is 1.57 bits per heavy atom. The SMILES string of the molecule is CCc1ccc(C(=O)OC)c(F)c1Cl. The van der Waals surface area contributed by atoms with Crippen LogP contribution in [0.5, 0.6) is 0 Å². The van der Waals surface area contributed by atoms with E-state index in [9.17, 15) is 9.18 Å². The summed E-state index contributed by atoms with van der Waals surface area (Å²) in [5, 5.41) is -0.00426. The van der Waals surface area contributed by atoms with Crippen molar-refractivity contribution < 1.29 is 13.9 Å². The maximum atomic E-state index is 13.5. The minimum Gasteiger partial charge on any atom is -0.465 e. The number of halogens is 2. The Morgan fingerprint density at radius 2 is 2.21 bits per heavy atom. The average molecular weight is 217 g/mol. The predicted molar refractivity (Wildman–Crippen MR) is 52.1 cm³/mol. The van der Waals surface area contributed by atoms with Crippen molar-refractivity contribution in [2.75, 3.05) is 7.11 Å². The average Bonchev–Trinajstić information content (AvgIpc) is 2.21. The van der Waals surface area contributed by atoms with Crippen LogP contribution < -0.4 is 0 Å². The van der Waals surface area contributed by atoms with Crippen LogP contribution in [0, 0.1) is 5.82 Å². The molecule has 0 atom stereocenters. The normalized spacial score (nSPS) is 10.0. The summed E-state index contributed by atoms with van der Waals surface area (Å²) in [5.41, 5.74) is 0.548. The van der Waals surface area contributed by atoms with Gasteiger partial charge in [0.05, 0.1) is 17.7 Å². The molecule has 14 heavy (non-hydrogen) atoms. The summed E-state index contributed by atoms with van der Waals surface area (Å²) < 4.78 is 17.9. The highest BCUT2D eigenvalue weighted by Crippen LogP contribution is 2.23. The number of esters is 1. The van der Waals surface area contributed by atoms with Crippen LogP contribution in [0.4, 0.5) is 4.39 Å². The lowest BCUT2D eigenvalue weighted by molar-refractivity contribution is 0.0595. The second-order valence-corrected chi connectivity index (χ2v) is 3.12. The van der Waals surface area contributed by atoms with Crippen molar-refractivity contribution in [2.45, 2.75) is 13.3 Å². The van der Waals surface area contributed by atoms with Crippen LogP contribution in [0.3, 0.4) is 0 Å². The molecule has 0 heterocycles. The third-order valence-corrected chi connectivity index (χ3v) is 2.36. The topological polar surface area (TPSA) is 26.3 Å². The monoisotopic (exact) mass is 216 g/mol. The lowest BCUT2D eigenvalue weighted by Crippen LogP contribution is -2.05. The number of carbonyl (C=O) groups is 1. The van der Waals surface area contributed by atoms with E-state index in [2.05, 4.69) is 4.74 Å². The summed E-state index contributed by atoms with van der Waals surface area (Å²) in [6, 6.07) is 3.00. The zero-order valence-corrected chi connectivity index (χ0v) is 8.69. The number of methoxy groups -OCH3 is 1. The van der Waals surface area contributed by atoms with Gasteiger partial charge in [-0.25, -0.2) is 9.18 Å². The van der Waals surface area contributed by atoms with Gasteiger partial charge in [0.25, 0.3) is 0 Å². The van der Waals surface area contributed by atoms with Crippen LogP contribution in [-0.4, -0.2) is 13.1 Å². The van der Waals surface area contributed by atoms with Gasteiger partial charge in [0.15, 0.2) is 5.82 Å². The minimum absolute atomic E-state index is 0.00426. The Bertz CT molecular complexity index is 363. The van der Waals surface area contributed by atoms with Gasteiger partial charge in [-0.05, 0) is 18.1 Å². The standard InChI is InChI=1S/C10H10ClFO2/c1-3-6-4-5-7(10(13)14-2)9(12)8(6)11/h4-5H,3H2,1-2H3. The Morgan fingerprint density at radius 3 is 2.71 bits per heavy atom. The third-order valence-electron chi connectivity index (χ3n) is 1.95. The van der Waals surface area contributed by atoms with Gasteiger partial charge in [-0.3, -0.25) is 0 Å². The molecule has 76 valence electrons. The van der Waals surface area contributed by atoms with Crippen LogP contribution in [-0.2, 0) is 11.2 Å². The number of benzene rings is 1. The molecule has 0 amide bonds. The molecule has 0 bridgehead atoms. The number of hydrogen-bond acceptors (Lipinski definition) is 2. The van der Waals surface area contributed by atoms with Crippen molar-refractivity contribution >= 4 is 17.6 Å². The van der Waals surface area contributed by atoms with Crippen LogP contribution in [0.25, 0.3) is 0 Å². The van der Waals surface area contributed by atoms with Crippen LogP contribution in [0.15, 0.2) is 12.1 Å². The summed E-state index contributed by atoms with van der Waals surface area (Å²) in [4.78, 5) is 11.1. The number of carbonyl (C=O) groups excluding carboxylic acids is 1. The van der Waals surface area contributed by atoms with Crippen molar-refractivity contribution in [2.24, 2.45) is 0 Å². The molecular formula is C10H10ClFO2. The molecule has 1 aromatic rings. The van der Waals surface area contributed by atoms with Crippen molar-refractivity contribution in [3.8, 4) is 0 Å². The molecular weight excluding hydrogens is 207 g/mol. The molecule has 0 radical (unpaired) electrons. The molecule has 0 saturated carbocycles. The van der Waals surface area contributed by atoms with Gasteiger partial charge in [-0.2, -0.15) is 0 Å². The van der Waals surface area contributed by atoms with E-state index in [0.717, 1.165) is 0 Å². The quantitative estimate of drug-likeness (QED) is 0.711. The summed E-state index contributed by atoms with van der Waals surface area (Å²) >= 11 is 5.72. The molecule has 0 fully saturated rings. The van der Waals surface area contributed by atoms with Gasteiger partial charge in [-0.1, -0.05) is 24.6 Å². The number of aryl methyl sites for hydroxylation is 1. The molecule has 1 aromatic carbocycles. The molecule has 0 aliphatic rings. The first-order valence-corrected chi connectivity index (χ1v) is 4.54. The van der Waals surface area contributed by atoms with E-state index >= 15 is 0 Å². The highest BCUT2D eigenvalue weighted by Gasteiger charge is 2.16. The van der Waals surface area contributed by atoms with Crippen LogP contribution >= 0.6 is 11.6 Å². The molecule has 4 heteroatoms. The van der Waals surface area contributed by atoms with Gasteiger partial charge in [-0.15, -0.1) is 0 Å². The van der Waals surface area contributed by atoms with Gasteiger partial charge in [0.2, 0.25) is 0 Å². The maximum absolute atomic E-state index is 13.5. The molecule has 0 aliphatic heterocycles. The van der Waals surface area contributed by atoms with Crippen molar-refractivity contribution in [1.29, 1.82) is 0 Å². The number of rotatable bonds is 2. The van der Waals surface area contributed by atoms with E-state index in [1.54, 1.807) is 6.07 Å². The maximum Gasteiger partial charge on any atom is 0.340 e. The Kier molecular flexibility index (Phi) is 3.47. The molecule has 2 nitrogen and oxygen atoms in total. The number of ether oxygens (including phenoxy) is 1. The van der Waals surface area contributed by atoms with Crippen molar-refractivity contribution in [3.05, 3.63) is 34.1 Å². The Labute approximate surface area is 86.6 Å². The lowest BCUT2D eigenvalue weighted by Gasteiger charge is -2.06. The summed E-state index contributed by atoms with van der Waals surface area (Å²) in [5.74, 6) is -1.43. The van der Waals surface area contributed by atoms with E-state index in [1.807, 2.05) is 6.92 Å². The summed E-state index contributed by atoms with van der Waals surface area (Å²) in [6.45, 7) is 1.86. The lowest BCUT2D eigenvalue weighted by atomic mass is 10.1. The Hall–Kier alpha value is -1.09. The first-order chi connectivity index (χ1) is 6.61. The largest absolute Gasteiger partial charge is 0.465 e. The molecule has 0 aliphatic carbocycles. The highest BCUT2D eigenvalue weighted by atomic mass is 35.5. The first kappa shape index (κ1) is 11.0. The van der Waals surface area contributed by atoms with E-state index in [1.165, 1.54) is 13.2 Å². The summed E-state index contributed by atoms with van der Waals surface area (Å²) in [6.07, 6.45) is 0.622. The molecule has 0 N–H and O–H groups in total. The fraction of sp³-hybridized carbons (Fsp3) is 0.300. The number of hydrogen-bond donors (Lipinski definition) is 0. The van der Waals surface area contributed by atoms with Crippen LogP contribution in [0.1, 0.15) is 22.8 Å². The molecule has 0 saturated heterocycles. The van der Waals surface area contributed by atoms with Gasteiger partial charge >= 0.3 is 5.97 Å². The highest BCUT2D eigenvalue weighted by molar-refractivity contribution is 6.31. The fourth-order valence-electron chi connectivity index (χ4n) is 1.13. The van der Waals surface area contributed by atoms with E-state index in [-0.39, 0.29) is 10.6 Å². The molecule has 0 unspecified atom stereocenters. The second-order valence-electron chi connectivity index (χ2n) is 2.75. The van der Waals surface area contributed by atoms with E-state index in [4.69, 9.17) is 11.6 Å². The zero-order valence-electron chi connectivity index (χ0n) is 7.93. The van der Waals surface area contributed by atoms with E-state index < -0.39 is 11.8 Å². The van der Waals surface area contributed by atoms with Crippen molar-refractivity contribution in [3.63, 3.8) is 0 Å². The molecule has 1 rings (SSSR count). The van der Waals surface area contributed by atoms with Crippen LogP contribution in [0.2, 0.25) is 5.02 Å². The van der Waals surface area contributed by atoms with Gasteiger partial charge in [0.1, 0.15) is 0 Å². The minimum atomic E-state index is -0.716. The molecule has 0 aromatic heterocycles. The zero-order chi connectivity index (χ0) is 10.7. The smallest absolute Gasteiger partial charge is 0.340 e. The van der Waals surface area contributed by atoms with Crippen molar-refractivity contribution in [1.82, 2.24) is 0 Å².